The highest BCUT2D eigenvalue weighted by molar-refractivity contribution is 5.73. The minimum absolute atomic E-state index is 0.0996. The van der Waals surface area contributed by atoms with Gasteiger partial charge in [-0.2, -0.15) is 0 Å². The van der Waals surface area contributed by atoms with E-state index in [-0.39, 0.29) is 5.91 Å². The zero-order valence-electron chi connectivity index (χ0n) is 15.1. The molecule has 0 N–H and O–H groups in total. The van der Waals surface area contributed by atoms with Crippen LogP contribution in [0.4, 0.5) is 5.82 Å². The van der Waals surface area contributed by atoms with Crippen LogP contribution in [0, 0.1) is 6.92 Å². The van der Waals surface area contributed by atoms with E-state index in [0.29, 0.717) is 6.54 Å². The van der Waals surface area contributed by atoms with Crippen LogP contribution < -0.4 is 4.90 Å². The molecule has 0 spiro atoms. The number of amides is 1. The molecule has 2 aromatic rings. The second-order valence-electron chi connectivity index (χ2n) is 6.40. The number of aromatic nitrogens is 2. The van der Waals surface area contributed by atoms with Gasteiger partial charge in [-0.15, -0.1) is 0 Å². The van der Waals surface area contributed by atoms with Crippen LogP contribution in [0.2, 0.25) is 0 Å². The molecule has 25 heavy (non-hydrogen) atoms. The number of hydrogen-bond acceptors (Lipinski definition) is 4. The van der Waals surface area contributed by atoms with Crippen LogP contribution in [0.5, 0.6) is 0 Å². The van der Waals surface area contributed by atoms with Crippen molar-refractivity contribution in [1.82, 2.24) is 14.9 Å². The highest BCUT2D eigenvalue weighted by Gasteiger charge is 2.24. The van der Waals surface area contributed by atoms with E-state index in [2.05, 4.69) is 46.2 Å². The molecule has 5 heteroatoms. The summed E-state index contributed by atoms with van der Waals surface area (Å²) in [5, 5.41) is 0. The predicted octanol–water partition coefficient (Wildman–Crippen LogP) is 2.84. The molecule has 5 nitrogen and oxygen atoms in total. The molecule has 0 saturated carbocycles. The maximum Gasteiger partial charge on any atom is 0.219 e. The Morgan fingerprint density at radius 3 is 2.76 bits per heavy atom. The average Bonchev–Trinajstić information content (AvgIpc) is 2.61. The maximum atomic E-state index is 11.7. The number of nitrogens with zero attached hydrogens (tertiary/aromatic N) is 4. The third kappa shape index (κ3) is 4.05. The van der Waals surface area contributed by atoms with Gasteiger partial charge in [0.15, 0.2) is 0 Å². The van der Waals surface area contributed by atoms with Crippen molar-refractivity contribution in [3.63, 3.8) is 0 Å². The molecule has 0 atom stereocenters. The fourth-order valence-corrected chi connectivity index (χ4v) is 3.11. The van der Waals surface area contributed by atoms with Crippen molar-refractivity contribution in [2.75, 3.05) is 25.0 Å². The van der Waals surface area contributed by atoms with Gasteiger partial charge in [0.05, 0.1) is 12.2 Å². The van der Waals surface area contributed by atoms with Crippen molar-refractivity contribution in [3.8, 4) is 0 Å². The molecule has 0 bridgehead atoms. The molecule has 0 fully saturated rings. The Hall–Kier alpha value is -2.69. The number of aryl methyl sites for hydroxylation is 1. The van der Waals surface area contributed by atoms with E-state index in [1.165, 1.54) is 11.1 Å². The van der Waals surface area contributed by atoms with E-state index in [1.54, 1.807) is 6.92 Å². The molecule has 1 amide bonds. The largest absolute Gasteiger partial charge is 0.356 e. The Bertz CT molecular complexity index is 786. The molecule has 1 aromatic carbocycles. The van der Waals surface area contributed by atoms with E-state index in [4.69, 9.17) is 0 Å². The lowest BCUT2D eigenvalue weighted by molar-refractivity contribution is -0.129. The van der Waals surface area contributed by atoms with Crippen molar-refractivity contribution < 1.29 is 4.79 Å². The fraction of sp³-hybridized carbons (Fsp3) is 0.350. The molecule has 0 radical (unpaired) electrons. The quantitative estimate of drug-likeness (QED) is 0.861. The first-order valence-electron chi connectivity index (χ1n) is 8.59. The van der Waals surface area contributed by atoms with Gasteiger partial charge in [0, 0.05) is 32.6 Å². The summed E-state index contributed by atoms with van der Waals surface area (Å²) >= 11 is 0. The van der Waals surface area contributed by atoms with Crippen LogP contribution in [0.25, 0.3) is 6.08 Å². The van der Waals surface area contributed by atoms with Crippen molar-refractivity contribution in [2.45, 2.75) is 26.8 Å². The molecule has 130 valence electrons. The van der Waals surface area contributed by atoms with Crippen LogP contribution in [0.15, 0.2) is 36.4 Å². The Labute approximate surface area is 149 Å². The van der Waals surface area contributed by atoms with E-state index in [9.17, 15) is 4.79 Å². The predicted molar refractivity (Wildman–Crippen MR) is 100 cm³/mol. The topological polar surface area (TPSA) is 49.3 Å². The summed E-state index contributed by atoms with van der Waals surface area (Å²) in [6, 6.07) is 10.3. The number of fused-ring (bicyclic) bond motifs is 1. The molecule has 1 aliphatic heterocycles. The Balaban J connectivity index is 1.78. The van der Waals surface area contributed by atoms with Crippen LogP contribution in [-0.4, -0.2) is 40.9 Å². The third-order valence-electron chi connectivity index (χ3n) is 4.45. The second-order valence-corrected chi connectivity index (χ2v) is 6.40. The van der Waals surface area contributed by atoms with Gasteiger partial charge in [-0.3, -0.25) is 4.79 Å². The summed E-state index contributed by atoms with van der Waals surface area (Å²) in [5.41, 5.74) is 3.33. The summed E-state index contributed by atoms with van der Waals surface area (Å²) < 4.78 is 0. The highest BCUT2D eigenvalue weighted by Crippen LogP contribution is 2.26. The third-order valence-corrected chi connectivity index (χ3v) is 4.45. The molecule has 1 aliphatic rings. The summed E-state index contributed by atoms with van der Waals surface area (Å²) in [6.07, 6.45) is 5.07. The van der Waals surface area contributed by atoms with Gasteiger partial charge in [0.1, 0.15) is 11.6 Å². The molecule has 3 rings (SSSR count). The van der Waals surface area contributed by atoms with Crippen molar-refractivity contribution in [1.29, 1.82) is 0 Å². The number of likely N-dealkylation sites (N-methyl/N-ethyl adjacent to an activating group) is 1. The van der Waals surface area contributed by atoms with Crippen LogP contribution >= 0.6 is 0 Å². The Morgan fingerprint density at radius 2 is 2.04 bits per heavy atom. The van der Waals surface area contributed by atoms with Crippen molar-refractivity contribution in [2.24, 2.45) is 0 Å². The minimum atomic E-state index is 0.0996. The molecule has 0 saturated heterocycles. The average molecular weight is 336 g/mol. The minimum Gasteiger partial charge on any atom is -0.356 e. The van der Waals surface area contributed by atoms with Gasteiger partial charge in [-0.25, -0.2) is 9.97 Å². The summed E-state index contributed by atoms with van der Waals surface area (Å²) in [7, 11) is 2.05. The summed E-state index contributed by atoms with van der Waals surface area (Å²) in [4.78, 5) is 24.9. The number of rotatable bonds is 4. The van der Waals surface area contributed by atoms with Gasteiger partial charge in [0.25, 0.3) is 0 Å². The van der Waals surface area contributed by atoms with Gasteiger partial charge in [-0.1, -0.05) is 42.5 Å². The van der Waals surface area contributed by atoms with E-state index in [0.717, 1.165) is 36.8 Å². The lowest BCUT2D eigenvalue weighted by atomic mass is 10.0. The molecular weight excluding hydrogens is 312 g/mol. The number of benzene rings is 1. The summed E-state index contributed by atoms with van der Waals surface area (Å²) in [5.74, 6) is 1.82. The number of anilines is 1. The zero-order chi connectivity index (χ0) is 17.8. The van der Waals surface area contributed by atoms with Gasteiger partial charge in [0.2, 0.25) is 5.91 Å². The zero-order valence-corrected chi connectivity index (χ0v) is 15.1. The van der Waals surface area contributed by atoms with E-state index >= 15 is 0 Å². The first-order chi connectivity index (χ1) is 12.0. The van der Waals surface area contributed by atoms with Gasteiger partial charge < -0.3 is 9.80 Å². The molecule has 0 unspecified atom stereocenters. The normalized spacial score (nSPS) is 13.8. The molecular formula is C20H24N4O. The van der Waals surface area contributed by atoms with E-state index in [1.807, 2.05) is 30.0 Å². The molecule has 2 heterocycles. The second kappa shape index (κ2) is 7.47. The van der Waals surface area contributed by atoms with Crippen LogP contribution in [-0.2, 0) is 17.8 Å². The lowest BCUT2D eigenvalue weighted by Gasteiger charge is -2.30. The Kier molecular flexibility index (Phi) is 5.12. The van der Waals surface area contributed by atoms with Crippen LogP contribution in [0.1, 0.15) is 29.6 Å². The van der Waals surface area contributed by atoms with Crippen molar-refractivity contribution >= 4 is 17.8 Å². The monoisotopic (exact) mass is 336 g/mol. The number of carbonyl (C=O) groups excluding carboxylic acids is 1. The highest BCUT2D eigenvalue weighted by atomic mass is 16.2. The van der Waals surface area contributed by atoms with E-state index < -0.39 is 0 Å². The summed E-state index contributed by atoms with van der Waals surface area (Å²) in [6.45, 7) is 5.60. The van der Waals surface area contributed by atoms with Crippen LogP contribution in [0.3, 0.4) is 0 Å². The van der Waals surface area contributed by atoms with Gasteiger partial charge >= 0.3 is 0 Å². The first-order valence-corrected chi connectivity index (χ1v) is 8.59. The fourth-order valence-electron chi connectivity index (χ4n) is 3.11. The first kappa shape index (κ1) is 17.1. The van der Waals surface area contributed by atoms with Crippen molar-refractivity contribution in [3.05, 3.63) is 59.1 Å². The number of hydrogen-bond donors (Lipinski definition) is 0. The lowest BCUT2D eigenvalue weighted by Crippen LogP contribution is -2.36. The maximum absolute atomic E-state index is 11.7. The SMILES string of the molecule is CC(=O)N1CCc2c(nc(C)nc2N(C)CC=Cc2ccccc2)C1. The van der Waals surface area contributed by atoms with Gasteiger partial charge in [-0.05, 0) is 18.9 Å². The standard InChI is InChI=1S/C20H24N4O/c1-15-21-19-14-24(16(2)25)13-11-18(19)20(22-15)23(3)12-7-10-17-8-5-4-6-9-17/h4-10H,11-14H2,1-3H3. The smallest absolute Gasteiger partial charge is 0.219 e. The molecule has 0 aliphatic carbocycles. The Morgan fingerprint density at radius 1 is 1.28 bits per heavy atom. The number of carbonyl (C=O) groups is 1. The molecule has 1 aromatic heterocycles.